The highest BCUT2D eigenvalue weighted by molar-refractivity contribution is 5.98. The van der Waals surface area contributed by atoms with Gasteiger partial charge in [-0.05, 0) is 47.7 Å². The third-order valence-corrected chi connectivity index (χ3v) is 6.74. The lowest BCUT2D eigenvalue weighted by molar-refractivity contribution is -0.119. The van der Waals surface area contributed by atoms with E-state index in [-0.39, 0.29) is 17.3 Å². The van der Waals surface area contributed by atoms with E-state index in [0.29, 0.717) is 55.1 Å². The number of benzene rings is 2. The van der Waals surface area contributed by atoms with Crippen molar-refractivity contribution >= 4 is 17.7 Å². The average Bonchev–Trinajstić information content (AvgIpc) is 3.16. The molecule has 0 bridgehead atoms. The molecule has 2 aliphatic heterocycles. The maximum absolute atomic E-state index is 13.3. The number of hydrogen-bond acceptors (Lipinski definition) is 8. The first kappa shape index (κ1) is 26.1. The van der Waals surface area contributed by atoms with E-state index in [4.69, 9.17) is 14.2 Å². The van der Waals surface area contributed by atoms with Crippen molar-refractivity contribution in [3.05, 3.63) is 69.5 Å². The van der Waals surface area contributed by atoms with Crippen LogP contribution in [0, 0.1) is 23.2 Å². The highest BCUT2D eigenvalue weighted by Crippen LogP contribution is 2.38. The van der Waals surface area contributed by atoms with Crippen molar-refractivity contribution in [1.29, 1.82) is 5.26 Å². The van der Waals surface area contributed by atoms with Gasteiger partial charge in [0.05, 0.1) is 31.5 Å². The lowest BCUT2D eigenvalue weighted by atomic mass is 9.79. The Morgan fingerprint density at radius 3 is 2.64 bits per heavy atom. The van der Waals surface area contributed by atoms with Gasteiger partial charge in [-0.1, -0.05) is 32.0 Å². The fraction of sp³-hybridized carbons (Fsp3) is 0.379. The summed E-state index contributed by atoms with van der Waals surface area (Å²) in [5.74, 6) is 0.592. The second-order valence-corrected chi connectivity index (χ2v) is 10.0. The number of ether oxygens (including phenoxy) is 3. The van der Waals surface area contributed by atoms with Crippen molar-refractivity contribution < 1.29 is 19.0 Å². The smallest absolute Gasteiger partial charge is 0.258 e. The van der Waals surface area contributed by atoms with Gasteiger partial charge in [-0.3, -0.25) is 14.6 Å². The van der Waals surface area contributed by atoms with Gasteiger partial charge >= 0.3 is 0 Å². The zero-order chi connectivity index (χ0) is 27.4. The highest BCUT2D eigenvalue weighted by atomic mass is 16.5. The number of anilines is 2. The number of hydrogen-bond donors (Lipinski definition) is 3. The predicted octanol–water partition coefficient (Wildman–Crippen LogP) is 4.19. The number of fused-ring (bicyclic) bond motifs is 2. The molecule has 5 rings (SSSR count). The summed E-state index contributed by atoms with van der Waals surface area (Å²) in [5, 5.41) is 15.6. The molecule has 2 atom stereocenters. The largest absolute Gasteiger partial charge is 0.494 e. The van der Waals surface area contributed by atoms with E-state index < -0.39 is 23.3 Å². The Bertz CT molecular complexity index is 1440. The molecular weight excluding hydrogens is 498 g/mol. The Morgan fingerprint density at radius 1 is 1.13 bits per heavy atom. The molecule has 10 heteroatoms. The predicted molar refractivity (Wildman–Crippen MR) is 145 cm³/mol. The molecule has 2 aliphatic rings. The zero-order valence-electron chi connectivity index (χ0n) is 22.0. The second-order valence-electron chi connectivity index (χ2n) is 10.0. The molecule has 1 aromatic heterocycles. The van der Waals surface area contributed by atoms with Crippen LogP contribution in [0.5, 0.6) is 17.2 Å². The average molecular weight is 530 g/mol. The maximum atomic E-state index is 13.3. The molecule has 0 spiro atoms. The van der Waals surface area contributed by atoms with E-state index in [9.17, 15) is 14.9 Å². The first-order valence-electron chi connectivity index (χ1n) is 13.1. The first-order valence-corrected chi connectivity index (χ1v) is 13.1. The number of aromatic nitrogens is 2. The molecule has 1 amide bonds. The van der Waals surface area contributed by atoms with Crippen LogP contribution in [-0.2, 0) is 11.3 Å². The monoisotopic (exact) mass is 529 g/mol. The van der Waals surface area contributed by atoms with Crippen LogP contribution < -0.4 is 30.4 Å². The Morgan fingerprint density at radius 2 is 1.90 bits per heavy atom. The zero-order valence-corrected chi connectivity index (χ0v) is 22.0. The molecule has 10 nitrogen and oxygen atoms in total. The normalized spacial score (nSPS) is 17.9. The van der Waals surface area contributed by atoms with E-state index in [1.807, 2.05) is 18.2 Å². The molecule has 0 saturated heterocycles. The van der Waals surface area contributed by atoms with Crippen LogP contribution in [-0.4, -0.2) is 35.7 Å². The van der Waals surface area contributed by atoms with Gasteiger partial charge in [-0.2, -0.15) is 10.2 Å². The molecule has 0 saturated carbocycles. The summed E-state index contributed by atoms with van der Waals surface area (Å²) in [6.07, 6.45) is 1.75. The number of aromatic amines is 1. The Kier molecular flexibility index (Phi) is 7.68. The van der Waals surface area contributed by atoms with E-state index in [1.165, 1.54) is 0 Å². The highest BCUT2D eigenvalue weighted by Gasteiger charge is 2.40. The summed E-state index contributed by atoms with van der Waals surface area (Å²) in [7, 11) is 0. The van der Waals surface area contributed by atoms with E-state index in [1.54, 1.807) is 24.3 Å². The molecule has 202 valence electrons. The molecule has 3 N–H and O–H groups in total. The standard InChI is InChI=1S/C29H31N5O5/c1-17(2)10-13-37-20-7-5-19(6-8-20)24-21(15-30)27(35)32-26-25(24)28(36)34-29(33-26)31-16-18-4-9-22-23(14-18)39-12-3-11-38-22/h4-9,14,17,21,24H,3,10-13,16H2,1-2H3,(H3,31,32,33,34,35,36). The van der Waals surface area contributed by atoms with Crippen LogP contribution in [0.3, 0.4) is 0 Å². The maximum Gasteiger partial charge on any atom is 0.258 e. The SMILES string of the molecule is CC(C)CCOc1ccc(C2c3c(nc(NCc4ccc5c(c4)OCCCO5)[nH]c3=O)NC(=O)C2C#N)cc1. The number of nitriles is 1. The number of nitrogens with zero attached hydrogens (tertiary/aromatic N) is 2. The summed E-state index contributed by atoms with van der Waals surface area (Å²) in [6.45, 7) is 6.41. The summed E-state index contributed by atoms with van der Waals surface area (Å²) in [4.78, 5) is 33.4. The van der Waals surface area contributed by atoms with Crippen LogP contribution >= 0.6 is 0 Å². The third-order valence-electron chi connectivity index (χ3n) is 6.74. The Balaban J connectivity index is 1.37. The topological polar surface area (TPSA) is 138 Å². The molecule has 3 heterocycles. The van der Waals surface area contributed by atoms with Crippen molar-refractivity contribution in [3.63, 3.8) is 0 Å². The molecule has 3 aromatic rings. The second kappa shape index (κ2) is 11.5. The Hall–Kier alpha value is -4.52. The summed E-state index contributed by atoms with van der Waals surface area (Å²) in [6, 6.07) is 14.9. The number of carbonyl (C=O) groups is 1. The number of rotatable bonds is 8. The van der Waals surface area contributed by atoms with Gasteiger partial charge in [0.2, 0.25) is 11.9 Å². The molecule has 0 fully saturated rings. The third kappa shape index (κ3) is 5.82. The van der Waals surface area contributed by atoms with E-state index in [2.05, 4.69) is 40.5 Å². The molecule has 2 aromatic carbocycles. The van der Waals surface area contributed by atoms with Gasteiger partial charge < -0.3 is 24.8 Å². The molecular formula is C29H31N5O5. The number of H-pyrrole nitrogens is 1. The van der Waals surface area contributed by atoms with Crippen LogP contribution in [0.4, 0.5) is 11.8 Å². The van der Waals surface area contributed by atoms with Gasteiger partial charge in [0.15, 0.2) is 11.5 Å². The van der Waals surface area contributed by atoms with E-state index in [0.717, 1.165) is 18.4 Å². The van der Waals surface area contributed by atoms with Crippen molar-refractivity contribution in [2.75, 3.05) is 30.5 Å². The number of amides is 1. The summed E-state index contributed by atoms with van der Waals surface area (Å²) >= 11 is 0. The van der Waals surface area contributed by atoms with Gasteiger partial charge in [0, 0.05) is 18.9 Å². The number of nitrogens with one attached hydrogen (secondary N) is 3. The fourth-order valence-electron chi connectivity index (χ4n) is 4.64. The number of carbonyl (C=O) groups excluding carboxylic acids is 1. The van der Waals surface area contributed by atoms with Crippen LogP contribution in [0.2, 0.25) is 0 Å². The van der Waals surface area contributed by atoms with Gasteiger partial charge in [-0.25, -0.2) is 0 Å². The molecule has 0 radical (unpaired) electrons. The first-order chi connectivity index (χ1) is 18.9. The van der Waals surface area contributed by atoms with E-state index >= 15 is 0 Å². The van der Waals surface area contributed by atoms with Crippen LogP contribution in [0.25, 0.3) is 0 Å². The quantitative estimate of drug-likeness (QED) is 0.395. The minimum atomic E-state index is -1.08. The summed E-state index contributed by atoms with van der Waals surface area (Å²) in [5.41, 5.74) is 1.38. The van der Waals surface area contributed by atoms with Crippen molar-refractivity contribution in [3.8, 4) is 23.3 Å². The summed E-state index contributed by atoms with van der Waals surface area (Å²) < 4.78 is 17.2. The minimum absolute atomic E-state index is 0.138. The molecule has 2 unspecified atom stereocenters. The minimum Gasteiger partial charge on any atom is -0.494 e. The van der Waals surface area contributed by atoms with Gasteiger partial charge in [-0.15, -0.1) is 0 Å². The van der Waals surface area contributed by atoms with Crippen LogP contribution in [0.1, 0.15) is 49.3 Å². The van der Waals surface area contributed by atoms with Crippen molar-refractivity contribution in [2.45, 2.75) is 39.2 Å². The van der Waals surface area contributed by atoms with Gasteiger partial charge in [0.25, 0.3) is 5.56 Å². The van der Waals surface area contributed by atoms with Crippen molar-refractivity contribution in [1.82, 2.24) is 9.97 Å². The van der Waals surface area contributed by atoms with Crippen molar-refractivity contribution in [2.24, 2.45) is 11.8 Å². The lowest BCUT2D eigenvalue weighted by Gasteiger charge is -2.28. The van der Waals surface area contributed by atoms with Gasteiger partial charge in [0.1, 0.15) is 17.5 Å². The fourth-order valence-corrected chi connectivity index (χ4v) is 4.64. The molecule has 0 aliphatic carbocycles. The Labute approximate surface area is 226 Å². The lowest BCUT2D eigenvalue weighted by Crippen LogP contribution is -2.38. The molecule has 39 heavy (non-hydrogen) atoms. The van der Waals surface area contributed by atoms with Crippen LogP contribution in [0.15, 0.2) is 47.3 Å².